The number of hydrogen-bond donors (Lipinski definition) is 2. The number of halogens is 2. The molecule has 0 aliphatic carbocycles. The summed E-state index contributed by atoms with van der Waals surface area (Å²) in [5.74, 6) is -3.20. The number of imide groups is 1. The zero-order valence-corrected chi connectivity index (χ0v) is 11.8. The van der Waals surface area contributed by atoms with E-state index in [1.165, 1.54) is 0 Å². The summed E-state index contributed by atoms with van der Waals surface area (Å²) in [7, 11) is 0. The molecule has 2 aromatic carbocycles. The van der Waals surface area contributed by atoms with Gasteiger partial charge in [0.05, 0.1) is 0 Å². The maximum absolute atomic E-state index is 13.4. The number of carbonyl (C=O) groups is 2. The van der Waals surface area contributed by atoms with Crippen molar-refractivity contribution in [1.29, 1.82) is 0 Å². The Morgan fingerprint density at radius 1 is 1.00 bits per heavy atom. The number of urea groups is 1. The third kappa shape index (κ3) is 3.66. The molecule has 0 aliphatic heterocycles. The summed E-state index contributed by atoms with van der Waals surface area (Å²) in [5, 5.41) is 4.30. The standard InChI is InChI=1S/C16H14F2N2O2/c1-2-10-6-8-11(9-7-10)19-16(22)20-15(21)14-12(17)4-3-5-13(14)18/h3-9H,2H2,1H3,(H2,19,20,21,22). The Balaban J connectivity index is 2.03. The Kier molecular flexibility index (Phi) is 4.83. The van der Waals surface area contributed by atoms with Crippen LogP contribution in [0.1, 0.15) is 22.8 Å². The summed E-state index contributed by atoms with van der Waals surface area (Å²) < 4.78 is 26.9. The van der Waals surface area contributed by atoms with E-state index in [9.17, 15) is 18.4 Å². The molecule has 0 saturated carbocycles. The summed E-state index contributed by atoms with van der Waals surface area (Å²) in [5.41, 5.74) is 0.769. The number of amides is 3. The molecule has 0 radical (unpaired) electrons. The van der Waals surface area contributed by atoms with Crippen LogP contribution < -0.4 is 10.6 Å². The van der Waals surface area contributed by atoms with Crippen LogP contribution in [-0.4, -0.2) is 11.9 Å². The Morgan fingerprint density at radius 2 is 1.59 bits per heavy atom. The fourth-order valence-electron chi connectivity index (χ4n) is 1.87. The highest BCUT2D eigenvalue weighted by Crippen LogP contribution is 2.12. The van der Waals surface area contributed by atoms with Gasteiger partial charge in [0.25, 0.3) is 5.91 Å². The van der Waals surface area contributed by atoms with Crippen LogP contribution in [0.5, 0.6) is 0 Å². The van der Waals surface area contributed by atoms with Gasteiger partial charge in [-0.25, -0.2) is 13.6 Å². The summed E-state index contributed by atoms with van der Waals surface area (Å²) >= 11 is 0. The molecular formula is C16H14F2N2O2. The van der Waals surface area contributed by atoms with Crippen LogP contribution in [0.15, 0.2) is 42.5 Å². The number of hydrogen-bond acceptors (Lipinski definition) is 2. The van der Waals surface area contributed by atoms with Gasteiger partial charge in [0.1, 0.15) is 17.2 Å². The van der Waals surface area contributed by atoms with E-state index in [2.05, 4.69) is 5.32 Å². The van der Waals surface area contributed by atoms with Gasteiger partial charge in [-0.05, 0) is 36.2 Å². The molecule has 2 aromatic rings. The van der Waals surface area contributed by atoms with Gasteiger partial charge in [-0.15, -0.1) is 0 Å². The third-order valence-corrected chi connectivity index (χ3v) is 3.04. The first-order chi connectivity index (χ1) is 10.5. The minimum atomic E-state index is -1.14. The van der Waals surface area contributed by atoms with E-state index in [1.807, 2.05) is 24.4 Å². The zero-order valence-electron chi connectivity index (χ0n) is 11.8. The number of anilines is 1. The highest BCUT2D eigenvalue weighted by atomic mass is 19.1. The smallest absolute Gasteiger partial charge is 0.308 e. The molecule has 0 heterocycles. The molecule has 0 aromatic heterocycles. The molecule has 4 nitrogen and oxygen atoms in total. The van der Waals surface area contributed by atoms with Crippen molar-refractivity contribution in [3.63, 3.8) is 0 Å². The molecule has 0 spiro atoms. The van der Waals surface area contributed by atoms with Crippen LogP contribution in [0.3, 0.4) is 0 Å². The van der Waals surface area contributed by atoms with Crippen molar-refractivity contribution in [2.45, 2.75) is 13.3 Å². The maximum Gasteiger partial charge on any atom is 0.326 e. The molecule has 0 bridgehead atoms. The van der Waals surface area contributed by atoms with E-state index in [0.717, 1.165) is 30.2 Å². The second-order valence-electron chi connectivity index (χ2n) is 4.56. The van der Waals surface area contributed by atoms with Gasteiger partial charge in [-0.2, -0.15) is 0 Å². The van der Waals surface area contributed by atoms with E-state index in [4.69, 9.17) is 0 Å². The average molecular weight is 304 g/mol. The van der Waals surface area contributed by atoms with Gasteiger partial charge in [0.15, 0.2) is 0 Å². The van der Waals surface area contributed by atoms with Gasteiger partial charge in [-0.1, -0.05) is 25.1 Å². The summed E-state index contributed by atoms with van der Waals surface area (Å²) in [6, 6.07) is 9.16. The maximum atomic E-state index is 13.4. The molecule has 0 unspecified atom stereocenters. The van der Waals surface area contributed by atoms with Crippen LogP contribution in [0.25, 0.3) is 0 Å². The van der Waals surface area contributed by atoms with Crippen LogP contribution in [0, 0.1) is 11.6 Å². The molecule has 2 rings (SSSR count). The number of nitrogens with one attached hydrogen (secondary N) is 2. The van der Waals surface area contributed by atoms with E-state index in [1.54, 1.807) is 12.1 Å². The Bertz CT molecular complexity index is 680. The summed E-state index contributed by atoms with van der Waals surface area (Å²) in [6.45, 7) is 2.00. The predicted molar refractivity (Wildman–Crippen MR) is 78.7 cm³/mol. The van der Waals surface area contributed by atoms with Crippen LogP contribution in [0.2, 0.25) is 0 Å². The second kappa shape index (κ2) is 6.80. The van der Waals surface area contributed by atoms with Gasteiger partial charge in [-0.3, -0.25) is 10.1 Å². The van der Waals surface area contributed by atoms with Crippen molar-refractivity contribution in [1.82, 2.24) is 5.32 Å². The number of rotatable bonds is 3. The lowest BCUT2D eigenvalue weighted by molar-refractivity contribution is 0.0959. The van der Waals surface area contributed by atoms with Crippen LogP contribution in [0.4, 0.5) is 19.3 Å². The topological polar surface area (TPSA) is 58.2 Å². The van der Waals surface area contributed by atoms with Gasteiger partial charge in [0.2, 0.25) is 0 Å². The normalized spacial score (nSPS) is 10.1. The highest BCUT2D eigenvalue weighted by Gasteiger charge is 2.19. The monoisotopic (exact) mass is 304 g/mol. The average Bonchev–Trinajstić information content (AvgIpc) is 2.47. The molecule has 0 atom stereocenters. The van der Waals surface area contributed by atoms with E-state index in [-0.39, 0.29) is 0 Å². The lowest BCUT2D eigenvalue weighted by atomic mass is 10.1. The molecule has 22 heavy (non-hydrogen) atoms. The molecule has 6 heteroatoms. The third-order valence-electron chi connectivity index (χ3n) is 3.04. The number of benzene rings is 2. The van der Waals surface area contributed by atoms with Gasteiger partial charge in [0, 0.05) is 5.69 Å². The molecule has 3 amide bonds. The lowest BCUT2D eigenvalue weighted by Gasteiger charge is -2.08. The van der Waals surface area contributed by atoms with E-state index >= 15 is 0 Å². The molecule has 2 N–H and O–H groups in total. The largest absolute Gasteiger partial charge is 0.326 e. The van der Waals surface area contributed by atoms with Crippen molar-refractivity contribution in [3.05, 3.63) is 65.2 Å². The summed E-state index contributed by atoms with van der Waals surface area (Å²) in [6.07, 6.45) is 0.859. The lowest BCUT2D eigenvalue weighted by Crippen LogP contribution is -2.35. The minimum absolute atomic E-state index is 0.469. The Hall–Kier alpha value is -2.76. The van der Waals surface area contributed by atoms with Crippen molar-refractivity contribution in [2.75, 3.05) is 5.32 Å². The quantitative estimate of drug-likeness (QED) is 0.912. The van der Waals surface area contributed by atoms with Crippen LogP contribution >= 0.6 is 0 Å². The van der Waals surface area contributed by atoms with Crippen molar-refractivity contribution in [3.8, 4) is 0 Å². The van der Waals surface area contributed by atoms with E-state index < -0.39 is 29.1 Å². The zero-order chi connectivity index (χ0) is 16.1. The second-order valence-corrected chi connectivity index (χ2v) is 4.56. The first-order valence-electron chi connectivity index (χ1n) is 6.66. The predicted octanol–water partition coefficient (Wildman–Crippen LogP) is 3.49. The molecule has 0 fully saturated rings. The molecular weight excluding hydrogens is 290 g/mol. The van der Waals surface area contributed by atoms with Crippen LogP contribution in [-0.2, 0) is 6.42 Å². The molecule has 114 valence electrons. The van der Waals surface area contributed by atoms with Gasteiger partial charge >= 0.3 is 6.03 Å². The Labute approximate surface area is 126 Å². The SMILES string of the molecule is CCc1ccc(NC(=O)NC(=O)c2c(F)cccc2F)cc1. The first kappa shape index (κ1) is 15.6. The fourth-order valence-corrected chi connectivity index (χ4v) is 1.87. The Morgan fingerprint density at radius 3 is 2.14 bits per heavy atom. The minimum Gasteiger partial charge on any atom is -0.308 e. The number of aryl methyl sites for hydroxylation is 1. The number of carbonyl (C=O) groups excluding carboxylic acids is 2. The first-order valence-corrected chi connectivity index (χ1v) is 6.66. The highest BCUT2D eigenvalue weighted by molar-refractivity contribution is 6.08. The van der Waals surface area contributed by atoms with E-state index in [0.29, 0.717) is 5.69 Å². The fraction of sp³-hybridized carbons (Fsp3) is 0.125. The van der Waals surface area contributed by atoms with Gasteiger partial charge < -0.3 is 5.32 Å². The molecule has 0 saturated heterocycles. The summed E-state index contributed by atoms with van der Waals surface area (Å²) in [4.78, 5) is 23.4. The van der Waals surface area contributed by atoms with Crippen molar-refractivity contribution < 1.29 is 18.4 Å². The molecule has 0 aliphatic rings. The van der Waals surface area contributed by atoms with Crippen molar-refractivity contribution >= 4 is 17.6 Å². The van der Waals surface area contributed by atoms with Crippen molar-refractivity contribution in [2.24, 2.45) is 0 Å².